The van der Waals surface area contributed by atoms with Crippen LogP contribution in [-0.4, -0.2) is 21.1 Å². The van der Waals surface area contributed by atoms with Crippen LogP contribution < -0.4 is 4.74 Å². The molecule has 0 amide bonds. The van der Waals surface area contributed by atoms with E-state index in [1.165, 1.54) is 0 Å². The summed E-state index contributed by atoms with van der Waals surface area (Å²) in [5.41, 5.74) is 1.83. The van der Waals surface area contributed by atoms with Crippen molar-refractivity contribution in [2.24, 2.45) is 7.05 Å². The highest BCUT2D eigenvalue weighted by atomic mass is 79.9. The lowest BCUT2D eigenvalue weighted by atomic mass is 10.3. The van der Waals surface area contributed by atoms with Crippen LogP contribution in [0.3, 0.4) is 0 Å². The van der Waals surface area contributed by atoms with E-state index in [0.717, 1.165) is 28.3 Å². The van der Waals surface area contributed by atoms with Crippen LogP contribution >= 0.6 is 15.9 Å². The van der Waals surface area contributed by atoms with Gasteiger partial charge in [0.2, 0.25) is 5.88 Å². The van der Waals surface area contributed by atoms with E-state index < -0.39 is 0 Å². The van der Waals surface area contributed by atoms with Gasteiger partial charge in [-0.1, -0.05) is 13.3 Å². The molecule has 0 fully saturated rings. The number of hydrogen-bond acceptors (Lipinski definition) is 3. The average Bonchev–Trinajstić information content (AvgIpc) is 2.66. The second-order valence-electron chi connectivity index (χ2n) is 3.67. The zero-order valence-electron chi connectivity index (χ0n) is 9.40. The lowest BCUT2D eigenvalue weighted by molar-refractivity contribution is 0.300. The number of halogens is 1. The second kappa shape index (κ2) is 4.82. The van der Waals surface area contributed by atoms with Crippen molar-refractivity contribution in [3.63, 3.8) is 0 Å². The van der Waals surface area contributed by atoms with E-state index in [1.54, 1.807) is 12.5 Å². The molecule has 0 aliphatic carbocycles. The highest BCUT2D eigenvalue weighted by Gasteiger charge is 2.11. The van der Waals surface area contributed by atoms with Gasteiger partial charge in [0.05, 0.1) is 17.4 Å². The van der Waals surface area contributed by atoms with Crippen LogP contribution in [-0.2, 0) is 7.05 Å². The van der Waals surface area contributed by atoms with Gasteiger partial charge in [-0.3, -0.25) is 0 Å². The third-order valence-corrected chi connectivity index (χ3v) is 2.98. The maximum Gasteiger partial charge on any atom is 0.240 e. The summed E-state index contributed by atoms with van der Waals surface area (Å²) in [6.07, 6.45) is 5.66. The first-order chi connectivity index (χ1) is 7.74. The molecule has 0 saturated carbocycles. The third kappa shape index (κ3) is 2.04. The first kappa shape index (κ1) is 11.4. The highest BCUT2D eigenvalue weighted by Crippen LogP contribution is 2.27. The first-order valence-corrected chi connectivity index (χ1v) is 6.11. The van der Waals surface area contributed by atoms with Crippen molar-refractivity contribution < 1.29 is 4.74 Å². The molecule has 4 nitrogen and oxygen atoms in total. The van der Waals surface area contributed by atoms with Crippen molar-refractivity contribution in [3.05, 3.63) is 17.0 Å². The van der Waals surface area contributed by atoms with Gasteiger partial charge in [-0.05, 0) is 22.4 Å². The monoisotopic (exact) mass is 283 g/mol. The molecule has 0 aliphatic rings. The molecule has 0 atom stereocenters. The van der Waals surface area contributed by atoms with Crippen LogP contribution in [0.15, 0.2) is 17.0 Å². The first-order valence-electron chi connectivity index (χ1n) is 5.32. The summed E-state index contributed by atoms with van der Waals surface area (Å²) in [5, 5.41) is 0. The van der Waals surface area contributed by atoms with Crippen molar-refractivity contribution in [1.82, 2.24) is 14.5 Å². The maximum absolute atomic E-state index is 5.66. The molecule has 2 heterocycles. The van der Waals surface area contributed by atoms with E-state index in [9.17, 15) is 0 Å². The Balaban J connectivity index is 2.37. The Morgan fingerprint density at radius 1 is 1.44 bits per heavy atom. The molecule has 2 rings (SSSR count). The van der Waals surface area contributed by atoms with Gasteiger partial charge in [0, 0.05) is 13.2 Å². The third-order valence-electron chi connectivity index (χ3n) is 2.40. The summed E-state index contributed by atoms with van der Waals surface area (Å²) in [5.74, 6) is 0.659. The summed E-state index contributed by atoms with van der Waals surface area (Å²) in [6, 6.07) is 0. The van der Waals surface area contributed by atoms with Crippen molar-refractivity contribution >= 4 is 27.0 Å². The molecule has 16 heavy (non-hydrogen) atoms. The molecule has 0 unspecified atom stereocenters. The van der Waals surface area contributed by atoms with Crippen molar-refractivity contribution in [3.8, 4) is 5.88 Å². The van der Waals surface area contributed by atoms with Gasteiger partial charge < -0.3 is 9.30 Å². The molecular formula is C11H14BrN3O. The number of aryl methyl sites for hydroxylation is 1. The zero-order valence-corrected chi connectivity index (χ0v) is 11.0. The van der Waals surface area contributed by atoms with Crippen LogP contribution in [0.1, 0.15) is 19.8 Å². The maximum atomic E-state index is 5.66. The SMILES string of the molecule is CCCCOc1ncc(Br)c2ncn(C)c12. The molecule has 2 aromatic heterocycles. The van der Waals surface area contributed by atoms with Gasteiger partial charge in [-0.15, -0.1) is 0 Å². The fraction of sp³-hybridized carbons (Fsp3) is 0.455. The second-order valence-corrected chi connectivity index (χ2v) is 4.52. The highest BCUT2D eigenvalue weighted by molar-refractivity contribution is 9.10. The van der Waals surface area contributed by atoms with Gasteiger partial charge in [0.1, 0.15) is 11.0 Å². The molecule has 0 bridgehead atoms. The normalized spacial score (nSPS) is 10.9. The Bertz CT molecular complexity index is 495. The summed E-state index contributed by atoms with van der Waals surface area (Å²) in [7, 11) is 1.94. The van der Waals surface area contributed by atoms with Crippen molar-refractivity contribution in [2.75, 3.05) is 6.61 Å². The summed E-state index contributed by atoms with van der Waals surface area (Å²) >= 11 is 3.43. The van der Waals surface area contributed by atoms with Gasteiger partial charge >= 0.3 is 0 Å². The Labute approximate surface area is 103 Å². The minimum atomic E-state index is 0.659. The summed E-state index contributed by atoms with van der Waals surface area (Å²) in [4.78, 5) is 8.58. The number of rotatable bonds is 4. The number of unbranched alkanes of at least 4 members (excludes halogenated alkanes) is 1. The Hall–Kier alpha value is -1.10. The Kier molecular flexibility index (Phi) is 3.43. The molecule has 0 aromatic carbocycles. The Morgan fingerprint density at radius 2 is 2.25 bits per heavy atom. The molecule has 0 spiro atoms. The molecule has 0 radical (unpaired) electrons. The summed E-state index contributed by atoms with van der Waals surface area (Å²) in [6.45, 7) is 2.84. The number of fused-ring (bicyclic) bond motifs is 1. The minimum Gasteiger partial charge on any atom is -0.476 e. The lowest BCUT2D eigenvalue weighted by Crippen LogP contribution is -2.00. The standard InChI is InChI=1S/C11H14BrN3O/c1-3-4-5-16-11-10-9(8(12)6-13-11)14-7-15(10)2/h6-7H,3-5H2,1-2H3. The van der Waals surface area contributed by atoms with Crippen LogP contribution in [0.5, 0.6) is 5.88 Å². The molecule has 5 heteroatoms. The molecule has 86 valence electrons. The number of hydrogen-bond donors (Lipinski definition) is 0. The minimum absolute atomic E-state index is 0.659. The van der Waals surface area contributed by atoms with Crippen LogP contribution in [0, 0.1) is 0 Å². The fourth-order valence-electron chi connectivity index (χ4n) is 1.51. The van der Waals surface area contributed by atoms with Crippen molar-refractivity contribution in [1.29, 1.82) is 0 Å². The zero-order chi connectivity index (χ0) is 11.5. The Morgan fingerprint density at radius 3 is 3.00 bits per heavy atom. The molecule has 0 N–H and O–H groups in total. The smallest absolute Gasteiger partial charge is 0.240 e. The number of pyridine rings is 1. The lowest BCUT2D eigenvalue weighted by Gasteiger charge is -2.07. The van der Waals surface area contributed by atoms with Gasteiger partial charge in [0.25, 0.3) is 0 Å². The van der Waals surface area contributed by atoms with E-state index >= 15 is 0 Å². The van der Waals surface area contributed by atoms with E-state index in [0.29, 0.717) is 12.5 Å². The average molecular weight is 284 g/mol. The predicted octanol–water partition coefficient (Wildman–Crippen LogP) is 2.91. The van der Waals surface area contributed by atoms with E-state index in [1.807, 2.05) is 11.6 Å². The molecular weight excluding hydrogens is 270 g/mol. The van der Waals surface area contributed by atoms with Crippen molar-refractivity contribution in [2.45, 2.75) is 19.8 Å². The molecule has 2 aromatic rings. The van der Waals surface area contributed by atoms with Crippen LogP contribution in [0.2, 0.25) is 0 Å². The van der Waals surface area contributed by atoms with Gasteiger partial charge in [0.15, 0.2) is 0 Å². The van der Waals surface area contributed by atoms with Gasteiger partial charge in [-0.2, -0.15) is 0 Å². The van der Waals surface area contributed by atoms with Crippen LogP contribution in [0.4, 0.5) is 0 Å². The number of imidazole rings is 1. The predicted molar refractivity (Wildman–Crippen MR) is 66.6 cm³/mol. The number of ether oxygens (including phenoxy) is 1. The van der Waals surface area contributed by atoms with E-state index in [2.05, 4.69) is 32.8 Å². The fourth-order valence-corrected chi connectivity index (χ4v) is 1.91. The number of aromatic nitrogens is 3. The van der Waals surface area contributed by atoms with Crippen LogP contribution in [0.25, 0.3) is 11.0 Å². The number of nitrogens with zero attached hydrogens (tertiary/aromatic N) is 3. The largest absolute Gasteiger partial charge is 0.476 e. The molecule has 0 aliphatic heterocycles. The topological polar surface area (TPSA) is 39.9 Å². The van der Waals surface area contributed by atoms with Gasteiger partial charge in [-0.25, -0.2) is 9.97 Å². The summed E-state index contributed by atoms with van der Waals surface area (Å²) < 4.78 is 8.48. The van der Waals surface area contributed by atoms with E-state index in [4.69, 9.17) is 4.74 Å². The quantitative estimate of drug-likeness (QED) is 0.810. The van der Waals surface area contributed by atoms with E-state index in [-0.39, 0.29) is 0 Å². The molecule has 0 saturated heterocycles.